The van der Waals surface area contributed by atoms with E-state index in [1.165, 1.54) is 0 Å². The Hall–Kier alpha value is -2.70. The second kappa shape index (κ2) is 6.90. The number of carbonyl (C=O) groups is 1. The van der Waals surface area contributed by atoms with Gasteiger partial charge in [0.1, 0.15) is 0 Å². The van der Waals surface area contributed by atoms with Crippen LogP contribution in [-0.2, 0) is 4.79 Å². The first-order valence-corrected chi connectivity index (χ1v) is 8.74. The normalized spacial score (nSPS) is 19.6. The zero-order valence-electron chi connectivity index (χ0n) is 13.8. The molecule has 7 heteroatoms. The lowest BCUT2D eigenvalue weighted by Crippen LogP contribution is -2.28. The van der Waals surface area contributed by atoms with Gasteiger partial charge in [0.05, 0.1) is 16.6 Å². The summed E-state index contributed by atoms with van der Waals surface area (Å²) in [4.78, 5) is 31.5. The van der Waals surface area contributed by atoms with Gasteiger partial charge in [-0.3, -0.25) is 14.6 Å². The summed E-state index contributed by atoms with van der Waals surface area (Å²) in [5, 5.41) is 7.75. The van der Waals surface area contributed by atoms with Crippen molar-refractivity contribution in [3.63, 3.8) is 0 Å². The molecule has 1 amide bonds. The van der Waals surface area contributed by atoms with Gasteiger partial charge in [0.25, 0.3) is 5.56 Å². The van der Waals surface area contributed by atoms with Gasteiger partial charge in [-0.15, -0.1) is 0 Å². The molecule has 0 aliphatic carbocycles. The summed E-state index contributed by atoms with van der Waals surface area (Å²) in [6.07, 6.45) is 5.09. The summed E-state index contributed by atoms with van der Waals surface area (Å²) in [5.74, 6) is -0.258. The van der Waals surface area contributed by atoms with Crippen LogP contribution in [0, 0.1) is 5.92 Å². The Morgan fingerprint density at radius 2 is 2.15 bits per heavy atom. The number of anilines is 1. The van der Waals surface area contributed by atoms with Crippen LogP contribution in [0.25, 0.3) is 10.8 Å². The number of benzene rings is 1. The minimum atomic E-state index is -0.217. The van der Waals surface area contributed by atoms with Crippen molar-refractivity contribution in [3.8, 4) is 0 Å². The fourth-order valence-corrected chi connectivity index (χ4v) is 3.64. The molecule has 0 spiro atoms. The maximum absolute atomic E-state index is 12.9. The highest BCUT2D eigenvalue weighted by atomic mass is 35.5. The van der Waals surface area contributed by atoms with E-state index in [1.807, 2.05) is 12.1 Å². The summed E-state index contributed by atoms with van der Waals surface area (Å²) in [7, 11) is 0. The predicted molar refractivity (Wildman–Crippen MR) is 102 cm³/mol. The SMILES string of the molecule is O=C(Nc1cc2cc[nH]c(=O)c2cc1Cl)[C@H]1CNC[C@@H]1c1cccnc1. The molecule has 1 aliphatic rings. The van der Waals surface area contributed by atoms with Crippen molar-refractivity contribution in [1.82, 2.24) is 15.3 Å². The molecule has 2 aromatic heterocycles. The molecule has 1 fully saturated rings. The number of rotatable bonds is 3. The van der Waals surface area contributed by atoms with E-state index in [9.17, 15) is 9.59 Å². The van der Waals surface area contributed by atoms with E-state index in [0.29, 0.717) is 22.6 Å². The van der Waals surface area contributed by atoms with E-state index in [1.54, 1.807) is 36.8 Å². The molecule has 0 saturated carbocycles. The summed E-state index contributed by atoms with van der Waals surface area (Å²) in [6.45, 7) is 1.32. The molecule has 3 N–H and O–H groups in total. The predicted octanol–water partition coefficient (Wildman–Crippen LogP) is 2.52. The van der Waals surface area contributed by atoms with Crippen molar-refractivity contribution in [2.24, 2.45) is 5.92 Å². The lowest BCUT2D eigenvalue weighted by molar-refractivity contribution is -0.119. The number of halogens is 1. The van der Waals surface area contributed by atoms with Crippen LogP contribution in [0.2, 0.25) is 5.02 Å². The Kier molecular flexibility index (Phi) is 4.44. The van der Waals surface area contributed by atoms with E-state index >= 15 is 0 Å². The van der Waals surface area contributed by atoms with Gasteiger partial charge >= 0.3 is 0 Å². The maximum Gasteiger partial charge on any atom is 0.255 e. The number of nitrogens with zero attached hydrogens (tertiary/aromatic N) is 1. The van der Waals surface area contributed by atoms with Gasteiger partial charge in [-0.25, -0.2) is 0 Å². The van der Waals surface area contributed by atoms with Gasteiger partial charge in [0.2, 0.25) is 5.91 Å². The molecule has 0 unspecified atom stereocenters. The van der Waals surface area contributed by atoms with Gasteiger partial charge in [0, 0.05) is 43.0 Å². The molecule has 2 atom stereocenters. The zero-order valence-corrected chi connectivity index (χ0v) is 14.6. The van der Waals surface area contributed by atoms with Crippen LogP contribution >= 0.6 is 11.6 Å². The van der Waals surface area contributed by atoms with E-state index in [2.05, 4.69) is 20.6 Å². The molecule has 1 aromatic carbocycles. The lowest BCUT2D eigenvalue weighted by Gasteiger charge is -2.19. The molecule has 0 radical (unpaired) electrons. The Morgan fingerprint density at radius 3 is 2.96 bits per heavy atom. The monoisotopic (exact) mass is 368 g/mol. The van der Waals surface area contributed by atoms with Crippen molar-refractivity contribution in [2.45, 2.75) is 5.92 Å². The van der Waals surface area contributed by atoms with Crippen LogP contribution in [0.1, 0.15) is 11.5 Å². The standard InChI is InChI=1S/C19H17ClN4O2/c20-16-7-13-11(3-5-23-18(13)25)6-17(16)24-19(26)15-10-22-9-14(15)12-2-1-4-21-8-12/h1-8,14-15,22H,9-10H2,(H,23,25)(H,24,26)/t14-,15+/m1/s1. The van der Waals surface area contributed by atoms with Crippen molar-refractivity contribution in [1.29, 1.82) is 0 Å². The second-order valence-corrected chi connectivity index (χ2v) is 6.78. The average Bonchev–Trinajstić information content (AvgIpc) is 3.14. The van der Waals surface area contributed by atoms with Crippen molar-refractivity contribution in [2.75, 3.05) is 18.4 Å². The average molecular weight is 369 g/mol. The smallest absolute Gasteiger partial charge is 0.255 e. The minimum absolute atomic E-state index is 0.0609. The Bertz CT molecular complexity index is 1020. The quantitative estimate of drug-likeness (QED) is 0.663. The molecule has 4 rings (SSSR count). The number of aromatic amines is 1. The largest absolute Gasteiger partial charge is 0.329 e. The number of pyridine rings is 2. The van der Waals surface area contributed by atoms with E-state index in [0.717, 1.165) is 17.5 Å². The molecule has 132 valence electrons. The van der Waals surface area contributed by atoms with Crippen molar-refractivity contribution >= 4 is 34.0 Å². The first-order valence-electron chi connectivity index (χ1n) is 8.36. The number of nitrogens with one attached hydrogen (secondary N) is 3. The summed E-state index contributed by atoms with van der Waals surface area (Å²) in [6, 6.07) is 8.95. The molecule has 26 heavy (non-hydrogen) atoms. The molecule has 3 heterocycles. The molecule has 0 bridgehead atoms. The van der Waals surface area contributed by atoms with Gasteiger partial charge in [0.15, 0.2) is 0 Å². The first kappa shape index (κ1) is 16.8. The number of amides is 1. The number of carbonyl (C=O) groups excluding carboxylic acids is 1. The van der Waals surface area contributed by atoms with Crippen molar-refractivity contribution < 1.29 is 4.79 Å². The van der Waals surface area contributed by atoms with Gasteiger partial charge in [-0.1, -0.05) is 17.7 Å². The third-order valence-corrected chi connectivity index (χ3v) is 5.10. The molecular formula is C19H17ClN4O2. The maximum atomic E-state index is 12.9. The minimum Gasteiger partial charge on any atom is -0.329 e. The van der Waals surface area contributed by atoms with Gasteiger partial charge < -0.3 is 15.6 Å². The van der Waals surface area contributed by atoms with E-state index < -0.39 is 0 Å². The summed E-state index contributed by atoms with van der Waals surface area (Å²) in [5.41, 5.74) is 1.33. The third kappa shape index (κ3) is 3.09. The fraction of sp³-hybridized carbons (Fsp3) is 0.211. The highest BCUT2D eigenvalue weighted by Crippen LogP contribution is 2.31. The topological polar surface area (TPSA) is 86.9 Å². The summed E-state index contributed by atoms with van der Waals surface area (Å²) < 4.78 is 0. The number of aromatic nitrogens is 2. The van der Waals surface area contributed by atoms with Crippen LogP contribution in [-0.4, -0.2) is 29.0 Å². The van der Waals surface area contributed by atoms with Crippen LogP contribution in [0.5, 0.6) is 0 Å². The van der Waals surface area contributed by atoms with Crippen LogP contribution < -0.4 is 16.2 Å². The number of fused-ring (bicyclic) bond motifs is 1. The van der Waals surface area contributed by atoms with Crippen LogP contribution in [0.4, 0.5) is 5.69 Å². The molecule has 3 aromatic rings. The zero-order chi connectivity index (χ0) is 18.1. The summed E-state index contributed by atoms with van der Waals surface area (Å²) >= 11 is 6.29. The van der Waals surface area contributed by atoms with E-state index in [4.69, 9.17) is 11.6 Å². The third-order valence-electron chi connectivity index (χ3n) is 4.78. The first-order chi connectivity index (χ1) is 12.6. The lowest BCUT2D eigenvalue weighted by atomic mass is 9.89. The number of H-pyrrole nitrogens is 1. The highest BCUT2D eigenvalue weighted by molar-refractivity contribution is 6.34. The Labute approximate surface area is 154 Å². The van der Waals surface area contributed by atoms with Gasteiger partial charge in [-0.2, -0.15) is 0 Å². The van der Waals surface area contributed by atoms with Gasteiger partial charge in [-0.05, 0) is 35.2 Å². The van der Waals surface area contributed by atoms with Crippen molar-refractivity contribution in [3.05, 3.63) is 69.9 Å². The Balaban J connectivity index is 1.61. The second-order valence-electron chi connectivity index (χ2n) is 6.37. The van der Waals surface area contributed by atoms with Crippen LogP contribution in [0.3, 0.4) is 0 Å². The number of hydrogen-bond acceptors (Lipinski definition) is 4. The Morgan fingerprint density at radius 1 is 1.27 bits per heavy atom. The molecular weight excluding hydrogens is 352 g/mol. The van der Waals surface area contributed by atoms with Crippen LogP contribution in [0.15, 0.2) is 53.7 Å². The molecule has 1 aliphatic heterocycles. The highest BCUT2D eigenvalue weighted by Gasteiger charge is 2.34. The molecule has 1 saturated heterocycles. The fourth-order valence-electron chi connectivity index (χ4n) is 3.43. The van der Waals surface area contributed by atoms with E-state index in [-0.39, 0.29) is 23.3 Å². The molecule has 6 nitrogen and oxygen atoms in total. The number of hydrogen-bond donors (Lipinski definition) is 3.